The van der Waals surface area contributed by atoms with Gasteiger partial charge < -0.3 is 10.2 Å². The molecule has 2 amide bonds. The van der Waals surface area contributed by atoms with E-state index in [-0.39, 0.29) is 24.4 Å². The summed E-state index contributed by atoms with van der Waals surface area (Å²) in [5, 5.41) is 11.3. The molecule has 1 aliphatic rings. The molecule has 1 atom stereocenters. The molecule has 5 nitrogen and oxygen atoms in total. The minimum atomic E-state index is -0.329. The van der Waals surface area contributed by atoms with Gasteiger partial charge in [-0.3, -0.25) is 9.59 Å². The average Bonchev–Trinajstić information content (AvgIpc) is 3.40. The van der Waals surface area contributed by atoms with E-state index in [9.17, 15) is 9.59 Å². The third-order valence-electron chi connectivity index (χ3n) is 3.74. The smallest absolute Gasteiger partial charge is 0.251 e. The lowest BCUT2D eigenvalue weighted by Gasteiger charge is -2.07. The summed E-state index contributed by atoms with van der Waals surface area (Å²) in [5.74, 6) is -0.529. The van der Waals surface area contributed by atoms with Crippen LogP contribution in [-0.2, 0) is 4.79 Å². The number of rotatable bonds is 4. The third kappa shape index (κ3) is 3.38. The van der Waals surface area contributed by atoms with E-state index in [2.05, 4.69) is 5.32 Å². The maximum Gasteiger partial charge on any atom is 0.251 e. The maximum atomic E-state index is 12.0. The monoisotopic (exact) mass is 305 g/mol. The van der Waals surface area contributed by atoms with Crippen molar-refractivity contribution >= 4 is 11.8 Å². The average molecular weight is 305 g/mol. The van der Waals surface area contributed by atoms with Crippen LogP contribution in [0.25, 0.3) is 11.1 Å². The Morgan fingerprint density at radius 1 is 1.09 bits per heavy atom. The second-order valence-electron chi connectivity index (χ2n) is 5.32. The van der Waals surface area contributed by atoms with E-state index in [1.807, 2.05) is 48.5 Å². The van der Waals surface area contributed by atoms with Crippen LogP contribution in [0.5, 0.6) is 0 Å². The largest absolute Gasteiger partial charge is 0.343 e. The van der Waals surface area contributed by atoms with Gasteiger partial charge >= 0.3 is 0 Å². The highest BCUT2D eigenvalue weighted by molar-refractivity contribution is 5.97. The number of carbonyl (C=O) groups excluding carboxylic acids is 2. The highest BCUT2D eigenvalue weighted by Gasteiger charge is 2.38. The van der Waals surface area contributed by atoms with Crippen LogP contribution in [0.15, 0.2) is 54.6 Å². The van der Waals surface area contributed by atoms with Crippen molar-refractivity contribution in [3.63, 3.8) is 0 Å². The van der Waals surface area contributed by atoms with Crippen LogP contribution in [0.2, 0.25) is 0 Å². The van der Waals surface area contributed by atoms with Crippen molar-refractivity contribution in [2.24, 2.45) is 0 Å². The van der Waals surface area contributed by atoms with Crippen molar-refractivity contribution < 1.29 is 9.59 Å². The van der Waals surface area contributed by atoms with Gasteiger partial charge in [0.15, 0.2) is 0 Å². The van der Waals surface area contributed by atoms with Crippen LogP contribution < -0.4 is 5.32 Å². The maximum absolute atomic E-state index is 12.0. The first-order chi connectivity index (χ1) is 11.2. The molecule has 1 fully saturated rings. The quantitative estimate of drug-likeness (QED) is 0.876. The zero-order valence-electron chi connectivity index (χ0n) is 12.4. The molecule has 1 aliphatic heterocycles. The molecule has 1 heterocycles. The fourth-order valence-corrected chi connectivity index (χ4v) is 2.33. The second-order valence-corrected chi connectivity index (χ2v) is 5.32. The molecule has 0 bridgehead atoms. The molecule has 1 unspecified atom stereocenters. The van der Waals surface area contributed by atoms with Gasteiger partial charge in [-0.25, -0.2) is 0 Å². The van der Waals surface area contributed by atoms with Gasteiger partial charge in [-0.05, 0) is 23.3 Å². The molecule has 0 aliphatic carbocycles. The van der Waals surface area contributed by atoms with Crippen molar-refractivity contribution in [3.8, 4) is 17.2 Å². The standard InChI is InChI=1S/C18H15N3O2/c19-10-16-12-21(16)17(22)11-20-18(23)15-8-6-14(7-9-15)13-4-2-1-3-5-13/h1-9,16H,11-12H2,(H,20,23). The van der Waals surface area contributed by atoms with E-state index in [1.165, 1.54) is 4.90 Å². The molecule has 3 rings (SSSR count). The fraction of sp³-hybridized carbons (Fsp3) is 0.167. The minimum Gasteiger partial charge on any atom is -0.343 e. The number of nitriles is 1. The summed E-state index contributed by atoms with van der Waals surface area (Å²) >= 11 is 0. The van der Waals surface area contributed by atoms with Crippen LogP contribution in [0.4, 0.5) is 0 Å². The van der Waals surface area contributed by atoms with Crippen molar-refractivity contribution in [1.29, 1.82) is 5.26 Å². The molecule has 0 aromatic heterocycles. The Balaban J connectivity index is 1.58. The Morgan fingerprint density at radius 2 is 1.74 bits per heavy atom. The summed E-state index contributed by atoms with van der Waals surface area (Å²) in [6, 6.07) is 18.8. The predicted molar refractivity (Wildman–Crippen MR) is 85.3 cm³/mol. The third-order valence-corrected chi connectivity index (χ3v) is 3.74. The van der Waals surface area contributed by atoms with Crippen molar-refractivity contribution in [2.75, 3.05) is 13.1 Å². The highest BCUT2D eigenvalue weighted by Crippen LogP contribution is 2.19. The van der Waals surface area contributed by atoms with Crippen LogP contribution in [0.1, 0.15) is 10.4 Å². The lowest BCUT2D eigenvalue weighted by Crippen LogP contribution is -2.33. The topological polar surface area (TPSA) is 73.0 Å². The predicted octanol–water partition coefficient (Wildman–Crippen LogP) is 1.82. The van der Waals surface area contributed by atoms with Crippen molar-refractivity contribution in [3.05, 3.63) is 60.2 Å². The Hall–Kier alpha value is -3.13. The van der Waals surface area contributed by atoms with E-state index in [0.717, 1.165) is 11.1 Å². The molecule has 23 heavy (non-hydrogen) atoms. The minimum absolute atomic E-state index is 0.0859. The molecule has 2 aromatic carbocycles. The van der Waals surface area contributed by atoms with Gasteiger partial charge in [0.2, 0.25) is 5.91 Å². The Kier molecular flexibility index (Phi) is 4.07. The zero-order valence-corrected chi connectivity index (χ0v) is 12.4. The molecule has 5 heteroatoms. The SMILES string of the molecule is N#CC1CN1C(=O)CNC(=O)c1ccc(-c2ccccc2)cc1. The van der Waals surface area contributed by atoms with Crippen LogP contribution in [0, 0.1) is 11.3 Å². The van der Waals surface area contributed by atoms with Gasteiger partial charge in [-0.2, -0.15) is 5.26 Å². The molecular weight excluding hydrogens is 290 g/mol. The molecule has 2 aromatic rings. The molecule has 0 radical (unpaired) electrons. The second kappa shape index (κ2) is 6.32. The van der Waals surface area contributed by atoms with Crippen molar-refractivity contribution in [1.82, 2.24) is 10.2 Å². The number of nitrogens with zero attached hydrogens (tertiary/aromatic N) is 2. The normalized spacial score (nSPS) is 15.6. The number of amides is 2. The molecule has 114 valence electrons. The van der Waals surface area contributed by atoms with E-state index in [4.69, 9.17) is 5.26 Å². The van der Waals surface area contributed by atoms with Gasteiger partial charge in [0, 0.05) is 5.56 Å². The number of benzene rings is 2. The van der Waals surface area contributed by atoms with Gasteiger partial charge in [0.1, 0.15) is 6.04 Å². The first kappa shape index (κ1) is 14.8. The lowest BCUT2D eigenvalue weighted by atomic mass is 10.0. The highest BCUT2D eigenvalue weighted by atomic mass is 16.2. The van der Waals surface area contributed by atoms with Gasteiger partial charge in [0.05, 0.1) is 19.2 Å². The number of hydrogen-bond acceptors (Lipinski definition) is 3. The van der Waals surface area contributed by atoms with E-state index >= 15 is 0 Å². The number of hydrogen-bond donors (Lipinski definition) is 1. The van der Waals surface area contributed by atoms with Crippen LogP contribution >= 0.6 is 0 Å². The zero-order chi connectivity index (χ0) is 16.2. The molecular formula is C18H15N3O2. The molecule has 1 N–H and O–H groups in total. The van der Waals surface area contributed by atoms with Crippen LogP contribution in [-0.4, -0.2) is 35.8 Å². The number of nitrogens with one attached hydrogen (secondary N) is 1. The Morgan fingerprint density at radius 3 is 2.35 bits per heavy atom. The first-order valence-corrected chi connectivity index (χ1v) is 7.32. The Bertz CT molecular complexity index is 763. The molecule has 0 saturated carbocycles. The summed E-state index contributed by atoms with van der Waals surface area (Å²) < 4.78 is 0. The fourth-order valence-electron chi connectivity index (χ4n) is 2.33. The first-order valence-electron chi connectivity index (χ1n) is 7.32. The molecule has 0 spiro atoms. The van der Waals surface area contributed by atoms with Gasteiger partial charge in [0.25, 0.3) is 5.91 Å². The van der Waals surface area contributed by atoms with Crippen LogP contribution in [0.3, 0.4) is 0 Å². The van der Waals surface area contributed by atoms with E-state index in [1.54, 1.807) is 12.1 Å². The van der Waals surface area contributed by atoms with Gasteiger partial charge in [-0.15, -0.1) is 0 Å². The summed E-state index contributed by atoms with van der Waals surface area (Å²) in [5.41, 5.74) is 2.61. The summed E-state index contributed by atoms with van der Waals surface area (Å²) in [6.07, 6.45) is 0. The lowest BCUT2D eigenvalue weighted by molar-refractivity contribution is -0.124. The number of carbonyl (C=O) groups is 2. The summed E-state index contributed by atoms with van der Waals surface area (Å²) in [4.78, 5) is 25.2. The van der Waals surface area contributed by atoms with Crippen molar-refractivity contribution in [2.45, 2.75) is 6.04 Å². The molecule has 1 saturated heterocycles. The Labute approximate surface area is 134 Å². The van der Waals surface area contributed by atoms with E-state index in [0.29, 0.717) is 12.1 Å². The van der Waals surface area contributed by atoms with Gasteiger partial charge in [-0.1, -0.05) is 42.5 Å². The summed E-state index contributed by atoms with van der Waals surface area (Å²) in [7, 11) is 0. The van der Waals surface area contributed by atoms with E-state index < -0.39 is 0 Å². The summed E-state index contributed by atoms with van der Waals surface area (Å²) in [6.45, 7) is 0.369.